The Morgan fingerprint density at radius 2 is 1.14 bits per heavy atom. The van der Waals surface area contributed by atoms with Gasteiger partial charge in [-0.15, -0.1) is 0 Å². The summed E-state index contributed by atoms with van der Waals surface area (Å²) in [5.41, 5.74) is 1.09. The maximum Gasteiger partial charge on any atom is 0.169 e. The van der Waals surface area contributed by atoms with E-state index in [9.17, 15) is 17.6 Å². The molecule has 35 heavy (non-hydrogen) atoms. The second-order valence-corrected chi connectivity index (χ2v) is 9.59. The Morgan fingerprint density at radius 3 is 1.74 bits per heavy atom. The molecule has 0 aliphatic carbocycles. The largest absolute Gasteiger partial charge is 0.209 e. The molecule has 0 spiro atoms. The fraction of sp³-hybridized carbons (Fsp3) is 0.548. The fourth-order valence-electron chi connectivity index (χ4n) is 4.40. The zero-order chi connectivity index (χ0) is 25.5. The SMILES string of the molecule is CCCCCCCCCCc1ccc(-c2ccc(/C(F)=C(\F)CCCCCCC)c(F)c2F)cc1. The van der Waals surface area contributed by atoms with Crippen molar-refractivity contribution in [3.8, 4) is 11.1 Å². The average molecular weight is 491 g/mol. The topological polar surface area (TPSA) is 0 Å². The molecule has 0 bridgehead atoms. The van der Waals surface area contributed by atoms with Gasteiger partial charge in [0.1, 0.15) is 5.83 Å². The monoisotopic (exact) mass is 490 g/mol. The van der Waals surface area contributed by atoms with Crippen molar-refractivity contribution >= 4 is 5.83 Å². The van der Waals surface area contributed by atoms with Gasteiger partial charge in [0.25, 0.3) is 0 Å². The molecule has 0 aliphatic rings. The summed E-state index contributed by atoms with van der Waals surface area (Å²) < 4.78 is 58.1. The lowest BCUT2D eigenvalue weighted by atomic mass is 9.98. The second-order valence-electron chi connectivity index (χ2n) is 9.59. The standard InChI is InChI=1S/C31H42F4/c1-3-5-7-9-10-11-13-14-16-24-18-20-25(21-19-24)26-22-23-27(31(35)30(26)34)29(33)28(32)17-15-12-8-6-4-2/h18-23H,3-17H2,1-2H3/b29-28+. The normalized spacial score (nSPS) is 12.2. The minimum absolute atomic E-state index is 0.0534. The van der Waals surface area contributed by atoms with Gasteiger partial charge in [0.15, 0.2) is 17.5 Å². The molecule has 0 amide bonds. The van der Waals surface area contributed by atoms with E-state index in [0.717, 1.165) is 50.2 Å². The van der Waals surface area contributed by atoms with Crippen LogP contribution in [0.5, 0.6) is 0 Å². The van der Waals surface area contributed by atoms with E-state index in [2.05, 4.69) is 13.8 Å². The second kappa shape index (κ2) is 16.5. The number of hydrogen-bond acceptors (Lipinski definition) is 0. The molecule has 0 unspecified atom stereocenters. The number of rotatable bonds is 17. The van der Waals surface area contributed by atoms with Crippen LogP contribution < -0.4 is 0 Å². The van der Waals surface area contributed by atoms with Gasteiger partial charge in [0.2, 0.25) is 0 Å². The van der Waals surface area contributed by atoms with Gasteiger partial charge in [0.05, 0.1) is 5.56 Å². The Kier molecular flexibility index (Phi) is 13.8. The highest BCUT2D eigenvalue weighted by Gasteiger charge is 2.20. The molecule has 0 fully saturated rings. The van der Waals surface area contributed by atoms with E-state index in [-0.39, 0.29) is 12.0 Å². The van der Waals surface area contributed by atoms with E-state index in [1.165, 1.54) is 51.0 Å². The zero-order valence-corrected chi connectivity index (χ0v) is 21.6. The van der Waals surface area contributed by atoms with Crippen LogP contribution in [0.4, 0.5) is 17.6 Å². The lowest BCUT2D eigenvalue weighted by molar-refractivity contribution is 0.498. The van der Waals surface area contributed by atoms with Gasteiger partial charge in [-0.3, -0.25) is 0 Å². The molecular formula is C31H42F4. The Hall–Kier alpha value is -2.10. The molecular weight excluding hydrogens is 448 g/mol. The highest BCUT2D eigenvalue weighted by Crippen LogP contribution is 2.33. The summed E-state index contributed by atoms with van der Waals surface area (Å²) >= 11 is 0. The van der Waals surface area contributed by atoms with Gasteiger partial charge in [-0.2, -0.15) is 0 Å². The number of unbranched alkanes of at least 4 members (excludes halogenated alkanes) is 11. The molecule has 2 rings (SSSR count). The quantitative estimate of drug-likeness (QED) is 0.153. The first-order valence-electron chi connectivity index (χ1n) is 13.6. The van der Waals surface area contributed by atoms with Crippen molar-refractivity contribution in [3.05, 3.63) is 65.0 Å². The predicted molar refractivity (Wildman–Crippen MR) is 141 cm³/mol. The van der Waals surface area contributed by atoms with Crippen LogP contribution in [0.3, 0.4) is 0 Å². The van der Waals surface area contributed by atoms with Crippen LogP contribution in [0.1, 0.15) is 115 Å². The van der Waals surface area contributed by atoms with Gasteiger partial charge < -0.3 is 0 Å². The summed E-state index contributed by atoms with van der Waals surface area (Å²) in [6.07, 6.45) is 15.3. The molecule has 2 aromatic carbocycles. The van der Waals surface area contributed by atoms with E-state index in [1.54, 1.807) is 12.1 Å². The molecule has 0 saturated carbocycles. The molecule has 0 heterocycles. The van der Waals surface area contributed by atoms with Crippen molar-refractivity contribution in [3.63, 3.8) is 0 Å². The van der Waals surface area contributed by atoms with Gasteiger partial charge >= 0.3 is 0 Å². The van der Waals surface area contributed by atoms with Crippen molar-refractivity contribution < 1.29 is 17.6 Å². The number of hydrogen-bond donors (Lipinski definition) is 0. The summed E-state index contributed by atoms with van der Waals surface area (Å²) in [4.78, 5) is 0. The number of benzene rings is 2. The van der Waals surface area contributed by atoms with Crippen LogP contribution in [0.2, 0.25) is 0 Å². The van der Waals surface area contributed by atoms with Gasteiger partial charge in [0, 0.05) is 12.0 Å². The molecule has 0 nitrogen and oxygen atoms in total. The smallest absolute Gasteiger partial charge is 0.169 e. The minimum atomic E-state index is -1.34. The first kappa shape index (κ1) is 29.1. The lowest BCUT2D eigenvalue weighted by Crippen LogP contribution is -1.97. The number of allylic oxidation sites excluding steroid dienone is 1. The third kappa shape index (κ3) is 9.82. The van der Waals surface area contributed by atoms with E-state index < -0.39 is 28.9 Å². The third-order valence-corrected chi connectivity index (χ3v) is 6.64. The minimum Gasteiger partial charge on any atom is -0.209 e. The van der Waals surface area contributed by atoms with Crippen LogP contribution in [0.15, 0.2) is 42.2 Å². The lowest BCUT2D eigenvalue weighted by Gasteiger charge is -2.10. The van der Waals surface area contributed by atoms with Crippen LogP contribution in [-0.2, 0) is 6.42 Å². The van der Waals surface area contributed by atoms with Gasteiger partial charge in [-0.25, -0.2) is 17.6 Å². The molecule has 0 aromatic heterocycles. The van der Waals surface area contributed by atoms with Gasteiger partial charge in [-0.05, 0) is 36.5 Å². The predicted octanol–water partition coefficient (Wildman–Crippen LogP) is 11.3. The summed E-state index contributed by atoms with van der Waals surface area (Å²) in [7, 11) is 0. The first-order valence-corrected chi connectivity index (χ1v) is 13.6. The maximum absolute atomic E-state index is 14.8. The van der Waals surface area contributed by atoms with E-state index >= 15 is 0 Å². The van der Waals surface area contributed by atoms with Gasteiger partial charge in [-0.1, -0.05) is 115 Å². The first-order chi connectivity index (χ1) is 17.0. The zero-order valence-electron chi connectivity index (χ0n) is 21.6. The van der Waals surface area contributed by atoms with Crippen LogP contribution in [-0.4, -0.2) is 0 Å². The molecule has 4 heteroatoms. The van der Waals surface area contributed by atoms with Crippen molar-refractivity contribution in [1.29, 1.82) is 0 Å². The van der Waals surface area contributed by atoms with E-state index in [1.807, 2.05) is 12.1 Å². The summed E-state index contributed by atoms with van der Waals surface area (Å²) in [5.74, 6) is -4.81. The van der Waals surface area contributed by atoms with Crippen molar-refractivity contribution in [1.82, 2.24) is 0 Å². The summed E-state index contributed by atoms with van der Waals surface area (Å²) in [6, 6.07) is 9.85. The number of halogens is 4. The Morgan fingerprint density at radius 1 is 0.600 bits per heavy atom. The van der Waals surface area contributed by atoms with E-state index in [0.29, 0.717) is 12.0 Å². The Labute approximate surface area is 209 Å². The molecule has 0 atom stereocenters. The molecule has 0 aliphatic heterocycles. The van der Waals surface area contributed by atoms with Crippen LogP contribution >= 0.6 is 0 Å². The summed E-state index contributed by atoms with van der Waals surface area (Å²) in [5, 5.41) is 0. The maximum atomic E-state index is 14.8. The fourth-order valence-corrected chi connectivity index (χ4v) is 4.40. The molecule has 0 saturated heterocycles. The molecule has 194 valence electrons. The van der Waals surface area contributed by atoms with Crippen molar-refractivity contribution in [2.45, 2.75) is 110 Å². The van der Waals surface area contributed by atoms with Crippen LogP contribution in [0, 0.1) is 11.6 Å². The van der Waals surface area contributed by atoms with Crippen molar-refractivity contribution in [2.75, 3.05) is 0 Å². The number of aryl methyl sites for hydroxylation is 1. The van der Waals surface area contributed by atoms with Crippen molar-refractivity contribution in [2.24, 2.45) is 0 Å². The molecule has 0 radical (unpaired) electrons. The molecule has 0 N–H and O–H groups in total. The van der Waals surface area contributed by atoms with Crippen LogP contribution in [0.25, 0.3) is 17.0 Å². The van der Waals surface area contributed by atoms with E-state index in [4.69, 9.17) is 0 Å². The third-order valence-electron chi connectivity index (χ3n) is 6.64. The Balaban J connectivity index is 1.93. The highest BCUT2D eigenvalue weighted by atomic mass is 19.2. The molecule has 2 aromatic rings. The Bertz CT molecular complexity index is 899. The highest BCUT2D eigenvalue weighted by molar-refractivity contribution is 5.69. The summed E-state index contributed by atoms with van der Waals surface area (Å²) in [6.45, 7) is 4.30. The average Bonchev–Trinajstić information content (AvgIpc) is 2.87.